The van der Waals surface area contributed by atoms with Crippen molar-refractivity contribution in [2.45, 2.75) is 6.54 Å². The van der Waals surface area contributed by atoms with Crippen LogP contribution in [0.1, 0.15) is 15.5 Å². The first kappa shape index (κ1) is 9.11. The smallest absolute Gasteiger partial charge is 0.365 e. The van der Waals surface area contributed by atoms with Crippen molar-refractivity contribution in [1.29, 1.82) is 0 Å². The fraction of sp³-hybridized carbons (Fsp3) is 0.333. The minimum atomic E-state index is -0.997. The van der Waals surface area contributed by atoms with Crippen molar-refractivity contribution in [3.8, 4) is 0 Å². The second-order valence-electron chi connectivity index (χ2n) is 1.97. The zero-order valence-electron chi connectivity index (χ0n) is 6.40. The molecule has 1 heterocycles. The molecule has 0 saturated carbocycles. The number of hydrogen-bond donors (Lipinski definition) is 2. The van der Waals surface area contributed by atoms with Crippen LogP contribution >= 0.6 is 11.3 Å². The standard InChI is InChI=1S/C6H8N2O3S/c1-11-7-2-4-3-12-5(8-4)6(9)10/h3,7H,2H2,1H3,(H,9,10). The number of nitrogens with one attached hydrogen (secondary N) is 1. The predicted octanol–water partition coefficient (Wildman–Crippen LogP) is 0.492. The largest absolute Gasteiger partial charge is 0.476 e. The molecule has 6 heteroatoms. The summed E-state index contributed by atoms with van der Waals surface area (Å²) in [6, 6.07) is 0. The number of carboxylic acid groups (broad SMARTS) is 1. The molecule has 0 saturated heterocycles. The summed E-state index contributed by atoms with van der Waals surface area (Å²) in [4.78, 5) is 18.8. The van der Waals surface area contributed by atoms with E-state index in [0.29, 0.717) is 12.2 Å². The Morgan fingerprint density at radius 1 is 1.92 bits per heavy atom. The Balaban J connectivity index is 2.58. The third kappa shape index (κ3) is 2.26. The maximum absolute atomic E-state index is 10.4. The van der Waals surface area contributed by atoms with Crippen LogP contribution in [0.3, 0.4) is 0 Å². The molecule has 12 heavy (non-hydrogen) atoms. The van der Waals surface area contributed by atoms with E-state index >= 15 is 0 Å². The Hall–Kier alpha value is -0.980. The molecule has 0 aliphatic carbocycles. The highest BCUT2D eigenvalue weighted by Crippen LogP contribution is 2.08. The number of aromatic nitrogens is 1. The van der Waals surface area contributed by atoms with Crippen LogP contribution in [0.2, 0.25) is 0 Å². The minimum absolute atomic E-state index is 0.0999. The average Bonchev–Trinajstić information content (AvgIpc) is 2.48. The quantitative estimate of drug-likeness (QED) is 0.673. The van der Waals surface area contributed by atoms with Crippen LogP contribution in [0.4, 0.5) is 0 Å². The molecule has 0 spiro atoms. The lowest BCUT2D eigenvalue weighted by atomic mass is 10.5. The molecule has 0 aliphatic heterocycles. The Kier molecular flexibility index (Phi) is 3.15. The van der Waals surface area contributed by atoms with E-state index in [-0.39, 0.29) is 5.01 Å². The van der Waals surface area contributed by atoms with Gasteiger partial charge in [0, 0.05) is 5.38 Å². The predicted molar refractivity (Wildman–Crippen MR) is 42.9 cm³/mol. The molecule has 0 unspecified atom stereocenters. The van der Waals surface area contributed by atoms with Crippen LogP contribution in [0, 0.1) is 0 Å². The first-order chi connectivity index (χ1) is 5.74. The number of hydroxylamine groups is 1. The fourth-order valence-corrected chi connectivity index (χ4v) is 1.29. The van der Waals surface area contributed by atoms with Crippen LogP contribution in [0.5, 0.6) is 0 Å². The number of nitrogens with zero attached hydrogens (tertiary/aromatic N) is 1. The molecule has 5 nitrogen and oxygen atoms in total. The summed E-state index contributed by atoms with van der Waals surface area (Å²) < 4.78 is 0. The normalized spacial score (nSPS) is 10.1. The van der Waals surface area contributed by atoms with E-state index in [0.717, 1.165) is 11.3 Å². The van der Waals surface area contributed by atoms with Gasteiger partial charge in [-0.15, -0.1) is 11.3 Å². The molecule has 0 amide bonds. The van der Waals surface area contributed by atoms with Crippen molar-refractivity contribution >= 4 is 17.3 Å². The van der Waals surface area contributed by atoms with E-state index in [2.05, 4.69) is 15.3 Å². The molecule has 0 aromatic carbocycles. The molecule has 0 aliphatic rings. The highest BCUT2D eigenvalue weighted by atomic mass is 32.1. The van der Waals surface area contributed by atoms with Gasteiger partial charge in [-0.2, -0.15) is 5.48 Å². The Morgan fingerprint density at radius 2 is 2.67 bits per heavy atom. The van der Waals surface area contributed by atoms with Crippen LogP contribution in [-0.4, -0.2) is 23.2 Å². The highest BCUT2D eigenvalue weighted by molar-refractivity contribution is 7.11. The lowest BCUT2D eigenvalue weighted by Gasteiger charge is -1.95. The van der Waals surface area contributed by atoms with Gasteiger partial charge in [0.15, 0.2) is 0 Å². The Morgan fingerprint density at radius 3 is 3.17 bits per heavy atom. The Labute approximate surface area is 73.0 Å². The summed E-state index contributed by atoms with van der Waals surface area (Å²) in [7, 11) is 1.49. The number of carboxylic acids is 1. The van der Waals surface area contributed by atoms with E-state index in [4.69, 9.17) is 5.11 Å². The van der Waals surface area contributed by atoms with Crippen molar-refractivity contribution in [2.24, 2.45) is 0 Å². The van der Waals surface area contributed by atoms with Gasteiger partial charge in [0.1, 0.15) is 0 Å². The van der Waals surface area contributed by atoms with Gasteiger partial charge in [-0.05, 0) is 0 Å². The summed E-state index contributed by atoms with van der Waals surface area (Å²) in [5.74, 6) is -0.997. The van der Waals surface area contributed by atoms with Crippen molar-refractivity contribution in [1.82, 2.24) is 10.5 Å². The summed E-state index contributed by atoms with van der Waals surface area (Å²) >= 11 is 1.10. The van der Waals surface area contributed by atoms with Crippen LogP contribution in [-0.2, 0) is 11.4 Å². The average molecular weight is 188 g/mol. The van der Waals surface area contributed by atoms with E-state index in [1.54, 1.807) is 5.38 Å². The summed E-state index contributed by atoms with van der Waals surface area (Å²) in [6.45, 7) is 0.417. The number of aromatic carboxylic acids is 1. The lowest BCUT2D eigenvalue weighted by molar-refractivity contribution is 0.0694. The van der Waals surface area contributed by atoms with E-state index in [1.165, 1.54) is 7.11 Å². The van der Waals surface area contributed by atoms with Gasteiger partial charge in [0.25, 0.3) is 0 Å². The Bertz CT molecular complexity index is 274. The first-order valence-corrected chi connectivity index (χ1v) is 4.05. The van der Waals surface area contributed by atoms with E-state index in [1.807, 2.05) is 0 Å². The SMILES string of the molecule is CONCc1csc(C(=O)O)n1. The first-order valence-electron chi connectivity index (χ1n) is 3.17. The zero-order valence-corrected chi connectivity index (χ0v) is 7.22. The van der Waals surface area contributed by atoms with Gasteiger partial charge in [0.05, 0.1) is 19.3 Å². The lowest BCUT2D eigenvalue weighted by Crippen LogP contribution is -2.11. The van der Waals surface area contributed by atoms with Gasteiger partial charge in [-0.1, -0.05) is 0 Å². The maximum atomic E-state index is 10.4. The van der Waals surface area contributed by atoms with E-state index < -0.39 is 5.97 Å². The number of thiazole rings is 1. The summed E-state index contributed by atoms with van der Waals surface area (Å²) in [5.41, 5.74) is 3.23. The van der Waals surface area contributed by atoms with Crippen molar-refractivity contribution in [3.05, 3.63) is 16.1 Å². The molecule has 0 atom stereocenters. The molecule has 2 N–H and O–H groups in total. The molecular formula is C6H8N2O3S. The van der Waals surface area contributed by atoms with Gasteiger partial charge in [-0.3, -0.25) is 0 Å². The topological polar surface area (TPSA) is 71.5 Å². The fourth-order valence-electron chi connectivity index (χ4n) is 0.633. The summed E-state index contributed by atoms with van der Waals surface area (Å²) in [6.07, 6.45) is 0. The molecule has 1 aromatic heterocycles. The van der Waals surface area contributed by atoms with Crippen molar-refractivity contribution in [3.63, 3.8) is 0 Å². The number of hydrogen-bond acceptors (Lipinski definition) is 5. The van der Waals surface area contributed by atoms with E-state index in [9.17, 15) is 4.79 Å². The number of rotatable bonds is 4. The third-order valence-electron chi connectivity index (χ3n) is 1.13. The van der Waals surface area contributed by atoms with Gasteiger partial charge in [-0.25, -0.2) is 9.78 Å². The maximum Gasteiger partial charge on any atom is 0.365 e. The van der Waals surface area contributed by atoms with Crippen LogP contribution in [0.25, 0.3) is 0 Å². The van der Waals surface area contributed by atoms with Crippen LogP contribution in [0.15, 0.2) is 5.38 Å². The van der Waals surface area contributed by atoms with Crippen molar-refractivity contribution in [2.75, 3.05) is 7.11 Å². The monoisotopic (exact) mass is 188 g/mol. The molecule has 66 valence electrons. The van der Waals surface area contributed by atoms with Crippen molar-refractivity contribution < 1.29 is 14.7 Å². The highest BCUT2D eigenvalue weighted by Gasteiger charge is 2.07. The van der Waals surface area contributed by atoms with Crippen LogP contribution < -0.4 is 5.48 Å². The minimum Gasteiger partial charge on any atom is -0.476 e. The van der Waals surface area contributed by atoms with Gasteiger partial charge < -0.3 is 9.94 Å². The zero-order chi connectivity index (χ0) is 8.97. The van der Waals surface area contributed by atoms with Gasteiger partial charge >= 0.3 is 5.97 Å². The molecule has 0 radical (unpaired) electrons. The number of carbonyl (C=O) groups is 1. The molecule has 0 fully saturated rings. The second-order valence-corrected chi connectivity index (χ2v) is 2.83. The molecule has 0 bridgehead atoms. The molecule has 1 aromatic rings. The molecular weight excluding hydrogens is 180 g/mol. The molecule has 1 rings (SSSR count). The third-order valence-corrected chi connectivity index (χ3v) is 2.01. The summed E-state index contributed by atoms with van der Waals surface area (Å²) in [5, 5.41) is 10.3. The van der Waals surface area contributed by atoms with Gasteiger partial charge in [0.2, 0.25) is 5.01 Å². The second kappa shape index (κ2) is 4.15.